The summed E-state index contributed by atoms with van der Waals surface area (Å²) in [5.41, 5.74) is 3.90. The fourth-order valence-electron chi connectivity index (χ4n) is 2.54. The summed E-state index contributed by atoms with van der Waals surface area (Å²) in [4.78, 5) is 27.7. The molecule has 0 aliphatic rings. The van der Waals surface area contributed by atoms with Gasteiger partial charge in [-0.1, -0.05) is 29.3 Å². The first kappa shape index (κ1) is 18.4. The summed E-state index contributed by atoms with van der Waals surface area (Å²) in [6.07, 6.45) is 3.11. The highest BCUT2D eigenvalue weighted by molar-refractivity contribution is 5.93. The number of nitrogens with one attached hydrogen (secondary N) is 3. The average Bonchev–Trinajstić information content (AvgIpc) is 2.58. The fraction of sp³-hybridized carbons (Fsp3) is 0.316. The van der Waals surface area contributed by atoms with E-state index in [1.807, 2.05) is 20.8 Å². The van der Waals surface area contributed by atoms with Crippen LogP contribution in [0.4, 0.5) is 4.79 Å². The quantitative estimate of drug-likeness (QED) is 0.707. The zero-order valence-corrected chi connectivity index (χ0v) is 14.8. The molecule has 0 bridgehead atoms. The molecule has 6 nitrogen and oxygen atoms in total. The van der Waals surface area contributed by atoms with E-state index in [9.17, 15) is 9.59 Å². The van der Waals surface area contributed by atoms with Crippen LogP contribution in [0.2, 0.25) is 0 Å². The van der Waals surface area contributed by atoms with E-state index in [4.69, 9.17) is 0 Å². The SMILES string of the molecule is Cc1cc(C)cc([C@@H](C)NC(=O)NCCNC(=O)c2cccnc2)c1. The number of hydrogen-bond acceptors (Lipinski definition) is 3. The molecule has 0 unspecified atom stereocenters. The lowest BCUT2D eigenvalue weighted by Crippen LogP contribution is -2.41. The molecule has 6 heteroatoms. The molecule has 0 radical (unpaired) electrons. The van der Waals surface area contributed by atoms with Crippen molar-refractivity contribution in [1.29, 1.82) is 0 Å². The number of aryl methyl sites for hydroxylation is 2. The third kappa shape index (κ3) is 5.91. The molecule has 3 amide bonds. The summed E-state index contributed by atoms with van der Waals surface area (Å²) < 4.78 is 0. The van der Waals surface area contributed by atoms with Gasteiger partial charge >= 0.3 is 6.03 Å². The number of nitrogens with zero attached hydrogens (tertiary/aromatic N) is 1. The van der Waals surface area contributed by atoms with Crippen molar-refractivity contribution in [2.75, 3.05) is 13.1 Å². The molecule has 0 saturated heterocycles. The summed E-state index contributed by atoms with van der Waals surface area (Å²) >= 11 is 0. The summed E-state index contributed by atoms with van der Waals surface area (Å²) in [6.45, 7) is 6.71. The van der Waals surface area contributed by atoms with Crippen molar-refractivity contribution in [1.82, 2.24) is 20.9 Å². The average molecular weight is 340 g/mol. The molecule has 1 atom stereocenters. The smallest absolute Gasteiger partial charge is 0.315 e. The summed E-state index contributed by atoms with van der Waals surface area (Å²) in [6, 6.07) is 9.26. The highest BCUT2D eigenvalue weighted by atomic mass is 16.2. The van der Waals surface area contributed by atoms with Gasteiger partial charge in [0.15, 0.2) is 0 Å². The molecule has 0 aliphatic carbocycles. The largest absolute Gasteiger partial charge is 0.350 e. The van der Waals surface area contributed by atoms with Crippen molar-refractivity contribution in [3.8, 4) is 0 Å². The maximum atomic E-state index is 12.0. The number of carbonyl (C=O) groups excluding carboxylic acids is 2. The number of amides is 3. The Bertz CT molecular complexity index is 711. The molecular formula is C19H24N4O2. The molecule has 25 heavy (non-hydrogen) atoms. The monoisotopic (exact) mass is 340 g/mol. The molecular weight excluding hydrogens is 316 g/mol. The van der Waals surface area contributed by atoms with Crippen LogP contribution in [0.5, 0.6) is 0 Å². The van der Waals surface area contributed by atoms with Crippen LogP contribution in [0, 0.1) is 13.8 Å². The Kier molecular flexibility index (Phi) is 6.51. The third-order valence-electron chi connectivity index (χ3n) is 3.71. The first-order valence-electron chi connectivity index (χ1n) is 8.26. The highest BCUT2D eigenvalue weighted by Crippen LogP contribution is 2.16. The molecule has 1 heterocycles. The molecule has 0 fully saturated rings. The maximum absolute atomic E-state index is 12.0. The minimum absolute atomic E-state index is 0.0939. The van der Waals surface area contributed by atoms with Crippen LogP contribution >= 0.6 is 0 Å². The topological polar surface area (TPSA) is 83.1 Å². The van der Waals surface area contributed by atoms with Crippen molar-refractivity contribution in [3.05, 3.63) is 65.0 Å². The van der Waals surface area contributed by atoms with Crippen molar-refractivity contribution in [3.63, 3.8) is 0 Å². The fourth-order valence-corrected chi connectivity index (χ4v) is 2.54. The van der Waals surface area contributed by atoms with E-state index in [0.29, 0.717) is 18.7 Å². The van der Waals surface area contributed by atoms with Gasteiger partial charge in [-0.25, -0.2) is 4.79 Å². The van der Waals surface area contributed by atoms with Crippen LogP contribution in [0.25, 0.3) is 0 Å². The molecule has 3 N–H and O–H groups in total. The van der Waals surface area contributed by atoms with Crippen LogP contribution in [-0.4, -0.2) is 30.0 Å². The third-order valence-corrected chi connectivity index (χ3v) is 3.71. The number of aromatic nitrogens is 1. The first-order chi connectivity index (χ1) is 12.0. The first-order valence-corrected chi connectivity index (χ1v) is 8.26. The van der Waals surface area contributed by atoms with Crippen molar-refractivity contribution < 1.29 is 9.59 Å². The van der Waals surface area contributed by atoms with Gasteiger partial charge in [0, 0.05) is 25.5 Å². The zero-order chi connectivity index (χ0) is 18.2. The van der Waals surface area contributed by atoms with E-state index in [1.165, 1.54) is 17.3 Å². The molecule has 2 aromatic rings. The van der Waals surface area contributed by atoms with Crippen LogP contribution in [0.1, 0.15) is 40.0 Å². The lowest BCUT2D eigenvalue weighted by Gasteiger charge is -2.16. The summed E-state index contributed by atoms with van der Waals surface area (Å²) in [7, 11) is 0. The van der Waals surface area contributed by atoms with Gasteiger partial charge in [0.1, 0.15) is 0 Å². The minimum Gasteiger partial charge on any atom is -0.350 e. The standard InChI is InChI=1S/C19H24N4O2/c1-13-9-14(2)11-17(10-13)15(3)23-19(25)22-8-7-21-18(24)16-5-4-6-20-12-16/h4-6,9-12,15H,7-8H2,1-3H3,(H,21,24)(H2,22,23,25)/t15-/m1/s1. The number of pyridine rings is 1. The van der Waals surface area contributed by atoms with Gasteiger partial charge in [0.25, 0.3) is 5.91 Å². The molecule has 0 saturated carbocycles. The molecule has 0 aliphatic heterocycles. The van der Waals surface area contributed by atoms with Gasteiger partial charge in [0.2, 0.25) is 0 Å². The van der Waals surface area contributed by atoms with Gasteiger partial charge in [-0.05, 0) is 38.5 Å². The lowest BCUT2D eigenvalue weighted by atomic mass is 10.0. The van der Waals surface area contributed by atoms with E-state index in [-0.39, 0.29) is 18.0 Å². The van der Waals surface area contributed by atoms with E-state index < -0.39 is 0 Å². The molecule has 1 aromatic heterocycles. The van der Waals surface area contributed by atoms with Gasteiger partial charge in [-0.3, -0.25) is 9.78 Å². The second-order valence-electron chi connectivity index (χ2n) is 6.04. The number of hydrogen-bond donors (Lipinski definition) is 3. The predicted octanol–water partition coefficient (Wildman–Crippen LogP) is 2.49. The van der Waals surface area contributed by atoms with Crippen LogP contribution < -0.4 is 16.0 Å². The Balaban J connectivity index is 1.72. The predicted molar refractivity (Wildman–Crippen MR) is 97.4 cm³/mol. The minimum atomic E-state index is -0.262. The lowest BCUT2D eigenvalue weighted by molar-refractivity contribution is 0.0953. The van der Waals surface area contributed by atoms with Crippen molar-refractivity contribution in [2.24, 2.45) is 0 Å². The van der Waals surface area contributed by atoms with E-state index in [2.05, 4.69) is 39.1 Å². The van der Waals surface area contributed by atoms with Gasteiger partial charge in [-0.2, -0.15) is 0 Å². The van der Waals surface area contributed by atoms with Crippen molar-refractivity contribution >= 4 is 11.9 Å². The number of rotatable bonds is 6. The molecule has 0 spiro atoms. The molecule has 1 aromatic carbocycles. The van der Waals surface area contributed by atoms with E-state index in [1.54, 1.807) is 18.3 Å². The van der Waals surface area contributed by atoms with Crippen LogP contribution in [-0.2, 0) is 0 Å². The number of benzene rings is 1. The maximum Gasteiger partial charge on any atom is 0.315 e. The normalized spacial score (nSPS) is 11.5. The van der Waals surface area contributed by atoms with Gasteiger partial charge < -0.3 is 16.0 Å². The number of urea groups is 1. The van der Waals surface area contributed by atoms with Crippen LogP contribution in [0.3, 0.4) is 0 Å². The van der Waals surface area contributed by atoms with E-state index >= 15 is 0 Å². The van der Waals surface area contributed by atoms with Crippen molar-refractivity contribution in [2.45, 2.75) is 26.8 Å². The zero-order valence-electron chi connectivity index (χ0n) is 14.8. The second kappa shape index (κ2) is 8.82. The second-order valence-corrected chi connectivity index (χ2v) is 6.04. The molecule has 132 valence electrons. The Labute approximate surface area is 148 Å². The van der Waals surface area contributed by atoms with E-state index in [0.717, 1.165) is 5.56 Å². The Hall–Kier alpha value is -2.89. The van der Waals surface area contributed by atoms with Gasteiger partial charge in [0.05, 0.1) is 11.6 Å². The highest BCUT2D eigenvalue weighted by Gasteiger charge is 2.10. The summed E-state index contributed by atoms with van der Waals surface area (Å²) in [5, 5.41) is 8.37. The Morgan fingerprint density at radius 1 is 1.08 bits per heavy atom. The molecule has 2 rings (SSSR count). The number of carbonyl (C=O) groups is 2. The Morgan fingerprint density at radius 2 is 1.76 bits per heavy atom. The van der Waals surface area contributed by atoms with Crippen LogP contribution in [0.15, 0.2) is 42.7 Å². The Morgan fingerprint density at radius 3 is 2.40 bits per heavy atom. The summed E-state index contributed by atoms with van der Waals surface area (Å²) in [5.74, 6) is -0.209. The van der Waals surface area contributed by atoms with Gasteiger partial charge in [-0.15, -0.1) is 0 Å².